The third-order valence-electron chi connectivity index (χ3n) is 3.06. The number of anilines is 1. The van der Waals surface area contributed by atoms with Gasteiger partial charge in [0.2, 0.25) is 0 Å². The highest BCUT2D eigenvalue weighted by Gasteiger charge is 2.35. The first kappa shape index (κ1) is 15.0. The Labute approximate surface area is 118 Å². The second kappa shape index (κ2) is 5.90. The van der Waals surface area contributed by atoms with Gasteiger partial charge in [-0.15, -0.1) is 0 Å². The molecular formula is C13H17NO5S. The van der Waals surface area contributed by atoms with Crippen LogP contribution in [0, 0.1) is 0 Å². The van der Waals surface area contributed by atoms with Crippen molar-refractivity contribution in [3.63, 3.8) is 0 Å². The van der Waals surface area contributed by atoms with Crippen molar-refractivity contribution < 1.29 is 22.5 Å². The Hall–Kier alpha value is -1.44. The van der Waals surface area contributed by atoms with Gasteiger partial charge in [-0.2, -0.15) is 8.42 Å². The van der Waals surface area contributed by atoms with Gasteiger partial charge in [-0.25, -0.2) is 0 Å². The molecule has 1 aliphatic heterocycles. The highest BCUT2D eigenvalue weighted by atomic mass is 32.2. The molecule has 110 valence electrons. The average molecular weight is 299 g/mol. The molecule has 6 nitrogen and oxygen atoms in total. The van der Waals surface area contributed by atoms with Gasteiger partial charge in [-0.3, -0.25) is 8.98 Å². The summed E-state index contributed by atoms with van der Waals surface area (Å²) in [5, 5.41) is 8.92. The number of carbonyl (C=O) groups excluding carboxylic acids is 1. The normalized spacial score (nSPS) is 19.0. The van der Waals surface area contributed by atoms with E-state index in [2.05, 4.69) is 0 Å². The van der Waals surface area contributed by atoms with E-state index in [4.69, 9.17) is 9.29 Å². The SMILES string of the molecule is CS(=O)(=O)OC1Cc2ccccc2N(CCCO)C1=O. The largest absolute Gasteiger partial charge is 0.396 e. The number of aliphatic hydroxyl groups excluding tert-OH is 1. The van der Waals surface area contributed by atoms with Crippen molar-refractivity contribution in [2.75, 3.05) is 24.3 Å². The average Bonchev–Trinajstić information content (AvgIpc) is 2.37. The molecule has 0 spiro atoms. The lowest BCUT2D eigenvalue weighted by atomic mass is 9.99. The summed E-state index contributed by atoms with van der Waals surface area (Å²) in [6, 6.07) is 7.29. The Morgan fingerprint density at radius 1 is 1.40 bits per heavy atom. The van der Waals surface area contributed by atoms with Crippen LogP contribution in [0.4, 0.5) is 5.69 Å². The van der Waals surface area contributed by atoms with Crippen molar-refractivity contribution in [3.05, 3.63) is 29.8 Å². The number of aliphatic hydroxyl groups is 1. The predicted octanol–water partition coefficient (Wildman–Crippen LogP) is 0.303. The van der Waals surface area contributed by atoms with E-state index in [1.165, 1.54) is 4.90 Å². The summed E-state index contributed by atoms with van der Waals surface area (Å²) in [6.07, 6.45) is 0.556. The molecule has 0 bridgehead atoms. The minimum atomic E-state index is -3.70. The van der Waals surface area contributed by atoms with Crippen LogP contribution in [0.15, 0.2) is 24.3 Å². The fourth-order valence-electron chi connectivity index (χ4n) is 2.27. The molecule has 0 aromatic heterocycles. The van der Waals surface area contributed by atoms with Crippen LogP contribution in [0.2, 0.25) is 0 Å². The van der Waals surface area contributed by atoms with E-state index in [1.807, 2.05) is 18.2 Å². The van der Waals surface area contributed by atoms with Gasteiger partial charge in [0.25, 0.3) is 16.0 Å². The predicted molar refractivity (Wildman–Crippen MR) is 73.9 cm³/mol. The molecule has 20 heavy (non-hydrogen) atoms. The molecule has 2 rings (SSSR count). The molecule has 0 radical (unpaired) electrons. The van der Waals surface area contributed by atoms with Crippen LogP contribution in [0.3, 0.4) is 0 Å². The fraction of sp³-hybridized carbons (Fsp3) is 0.462. The van der Waals surface area contributed by atoms with E-state index in [0.717, 1.165) is 17.5 Å². The van der Waals surface area contributed by atoms with Crippen molar-refractivity contribution in [1.29, 1.82) is 0 Å². The van der Waals surface area contributed by atoms with Crippen LogP contribution < -0.4 is 4.90 Å². The molecule has 0 saturated carbocycles. The highest BCUT2D eigenvalue weighted by Crippen LogP contribution is 2.29. The lowest BCUT2D eigenvalue weighted by Crippen LogP contribution is -2.47. The van der Waals surface area contributed by atoms with Crippen LogP contribution in [-0.2, 0) is 25.5 Å². The van der Waals surface area contributed by atoms with E-state index in [9.17, 15) is 13.2 Å². The minimum absolute atomic E-state index is 0.0381. The summed E-state index contributed by atoms with van der Waals surface area (Å²) in [5.41, 5.74) is 1.61. The number of benzene rings is 1. The molecule has 0 saturated heterocycles. The van der Waals surface area contributed by atoms with E-state index < -0.39 is 16.2 Å². The second-order valence-corrected chi connectivity index (χ2v) is 6.29. The first-order valence-corrected chi connectivity index (χ1v) is 8.12. The zero-order valence-electron chi connectivity index (χ0n) is 11.2. The number of nitrogens with zero attached hydrogens (tertiary/aromatic N) is 1. The molecular weight excluding hydrogens is 282 g/mol. The molecule has 0 fully saturated rings. The van der Waals surface area contributed by atoms with E-state index in [-0.39, 0.29) is 18.9 Å². The number of rotatable bonds is 5. The van der Waals surface area contributed by atoms with Gasteiger partial charge in [0.1, 0.15) is 0 Å². The summed E-state index contributed by atoms with van der Waals surface area (Å²) < 4.78 is 27.4. The summed E-state index contributed by atoms with van der Waals surface area (Å²) in [6.45, 7) is 0.291. The zero-order valence-corrected chi connectivity index (χ0v) is 12.0. The topological polar surface area (TPSA) is 83.9 Å². The van der Waals surface area contributed by atoms with Gasteiger partial charge < -0.3 is 10.0 Å². The Bertz CT molecular complexity index is 599. The van der Waals surface area contributed by atoms with Crippen molar-refractivity contribution >= 4 is 21.7 Å². The number of amides is 1. The third kappa shape index (κ3) is 3.36. The standard InChI is InChI=1S/C13H17NO5S/c1-20(17,18)19-12-9-10-5-2-3-6-11(10)14(13(12)16)7-4-8-15/h2-3,5-6,12,15H,4,7-9H2,1H3. The smallest absolute Gasteiger partial charge is 0.265 e. The number of fused-ring (bicyclic) bond motifs is 1. The third-order valence-corrected chi connectivity index (χ3v) is 3.64. The maximum Gasteiger partial charge on any atom is 0.265 e. The quantitative estimate of drug-likeness (QED) is 0.791. The van der Waals surface area contributed by atoms with E-state index in [0.29, 0.717) is 13.0 Å². The van der Waals surface area contributed by atoms with Crippen LogP contribution >= 0.6 is 0 Å². The Morgan fingerprint density at radius 2 is 2.10 bits per heavy atom. The second-order valence-electron chi connectivity index (χ2n) is 4.69. The van der Waals surface area contributed by atoms with Crippen molar-refractivity contribution in [1.82, 2.24) is 0 Å². The highest BCUT2D eigenvalue weighted by molar-refractivity contribution is 7.86. The molecule has 1 aliphatic rings. The minimum Gasteiger partial charge on any atom is -0.396 e. The van der Waals surface area contributed by atoms with Gasteiger partial charge in [0, 0.05) is 25.3 Å². The molecule has 1 unspecified atom stereocenters. The van der Waals surface area contributed by atoms with Gasteiger partial charge >= 0.3 is 0 Å². The Morgan fingerprint density at radius 3 is 2.75 bits per heavy atom. The fourth-order valence-corrected chi connectivity index (χ4v) is 2.84. The first-order valence-electron chi connectivity index (χ1n) is 6.31. The van der Waals surface area contributed by atoms with E-state index in [1.54, 1.807) is 6.07 Å². The molecule has 7 heteroatoms. The molecule has 1 N–H and O–H groups in total. The maximum atomic E-state index is 12.3. The van der Waals surface area contributed by atoms with Gasteiger partial charge in [-0.05, 0) is 18.1 Å². The van der Waals surface area contributed by atoms with Crippen LogP contribution in [0.5, 0.6) is 0 Å². The summed E-state index contributed by atoms with van der Waals surface area (Å²) in [5.74, 6) is -0.387. The lowest BCUT2D eigenvalue weighted by Gasteiger charge is -2.33. The molecule has 1 aromatic rings. The molecule has 1 heterocycles. The van der Waals surface area contributed by atoms with Crippen molar-refractivity contribution in [2.45, 2.75) is 18.9 Å². The van der Waals surface area contributed by atoms with Crippen LogP contribution in [0.25, 0.3) is 0 Å². The number of para-hydroxylation sites is 1. The van der Waals surface area contributed by atoms with E-state index >= 15 is 0 Å². The Balaban J connectivity index is 2.32. The maximum absolute atomic E-state index is 12.3. The summed E-state index contributed by atoms with van der Waals surface area (Å²) in [4.78, 5) is 13.8. The number of hydrogen-bond donors (Lipinski definition) is 1. The monoisotopic (exact) mass is 299 g/mol. The summed E-state index contributed by atoms with van der Waals surface area (Å²) >= 11 is 0. The number of carbonyl (C=O) groups is 1. The number of hydrogen-bond acceptors (Lipinski definition) is 5. The van der Waals surface area contributed by atoms with Gasteiger partial charge in [0.05, 0.1) is 6.26 Å². The van der Waals surface area contributed by atoms with Gasteiger partial charge in [0.15, 0.2) is 6.10 Å². The van der Waals surface area contributed by atoms with Crippen LogP contribution in [-0.4, -0.2) is 44.9 Å². The summed E-state index contributed by atoms with van der Waals surface area (Å²) in [7, 11) is -3.70. The van der Waals surface area contributed by atoms with Crippen molar-refractivity contribution in [2.24, 2.45) is 0 Å². The van der Waals surface area contributed by atoms with Gasteiger partial charge in [-0.1, -0.05) is 18.2 Å². The first-order chi connectivity index (χ1) is 9.42. The zero-order chi connectivity index (χ0) is 14.8. The molecule has 0 aliphatic carbocycles. The van der Waals surface area contributed by atoms with Crippen LogP contribution in [0.1, 0.15) is 12.0 Å². The van der Waals surface area contributed by atoms with Crippen molar-refractivity contribution in [3.8, 4) is 0 Å². The lowest BCUT2D eigenvalue weighted by molar-refractivity contribution is -0.125. The molecule has 1 amide bonds. The Kier molecular flexibility index (Phi) is 4.42. The molecule has 1 aromatic carbocycles. The molecule has 1 atom stereocenters.